The molecule has 16 nitrogen and oxygen atoms in total. The van der Waals surface area contributed by atoms with E-state index in [0.717, 1.165) is 24.8 Å². The Morgan fingerprint density at radius 3 is 1.97 bits per heavy atom. The van der Waals surface area contributed by atoms with Crippen molar-refractivity contribution in [2.45, 2.75) is 174 Å². The fraction of sp³-hybridized carbons (Fsp3) is 0.857. The second kappa shape index (κ2) is 15.6. The van der Waals surface area contributed by atoms with Crippen LogP contribution in [0.3, 0.4) is 0 Å². The van der Waals surface area contributed by atoms with Gasteiger partial charge in [0.2, 0.25) is 0 Å². The van der Waals surface area contributed by atoms with Crippen molar-refractivity contribution >= 4 is 23.7 Å². The van der Waals surface area contributed by atoms with Crippen LogP contribution >= 0.6 is 0 Å². The normalized spacial score (nSPS) is 51.7. The zero-order valence-corrected chi connectivity index (χ0v) is 37.3. The van der Waals surface area contributed by atoms with Crippen molar-refractivity contribution < 1.29 is 109 Å². The van der Waals surface area contributed by atoms with Gasteiger partial charge in [-0.1, -0.05) is 47.1 Å². The van der Waals surface area contributed by atoms with Gasteiger partial charge in [0.15, 0.2) is 24.5 Å². The molecule has 7 aliphatic rings. The summed E-state index contributed by atoms with van der Waals surface area (Å²) >= 11 is 0. The molecule has 0 aromatic heterocycles. The number of fused-ring (bicyclic) bond motifs is 7. The minimum Gasteiger partial charge on any atom is -0.547 e. The number of rotatable bonds is 7. The summed E-state index contributed by atoms with van der Waals surface area (Å²) in [6.07, 6.45) is -12.7. The molecule has 59 heavy (non-hydrogen) atoms. The Morgan fingerprint density at radius 2 is 1.36 bits per heavy atom. The molecular weight excluding hydrogens is 783 g/mol. The number of hydrogen-bond acceptors (Lipinski definition) is 14. The van der Waals surface area contributed by atoms with E-state index in [-0.39, 0.29) is 63.9 Å². The Labute approximate surface area is 366 Å². The van der Waals surface area contributed by atoms with Crippen LogP contribution in [0.1, 0.15) is 106 Å². The monoisotopic (exact) mass is 844 g/mol. The van der Waals surface area contributed by atoms with Gasteiger partial charge in [0.1, 0.15) is 42.7 Å². The molecular formula is C42H61NaO16. The van der Waals surface area contributed by atoms with Crippen LogP contribution in [0.2, 0.25) is 0 Å². The molecule has 7 N–H and O–H groups in total. The number of aliphatic carboxylic acids is 3. The predicted molar refractivity (Wildman–Crippen MR) is 197 cm³/mol. The molecule has 6 fully saturated rings. The van der Waals surface area contributed by atoms with Crippen LogP contribution in [0, 0.1) is 50.2 Å². The number of carbonyl (C=O) groups is 4. The molecule has 7 rings (SSSR count). The summed E-state index contributed by atoms with van der Waals surface area (Å²) in [5, 5.41) is 85.1. The first-order valence-corrected chi connectivity index (χ1v) is 20.7. The van der Waals surface area contributed by atoms with Crippen molar-refractivity contribution in [1.29, 1.82) is 0 Å². The number of hydrogen-bond donors (Lipinski definition) is 7. The second-order valence-electron chi connectivity index (χ2n) is 20.6. The van der Waals surface area contributed by atoms with E-state index in [9.17, 15) is 60.0 Å². The zero-order valence-electron chi connectivity index (χ0n) is 35.3. The van der Waals surface area contributed by atoms with Gasteiger partial charge in [0.05, 0.1) is 17.5 Å². The van der Waals surface area contributed by atoms with Crippen molar-refractivity contribution in [2.75, 3.05) is 0 Å². The maximum Gasteiger partial charge on any atom is 1.00 e. The Hall–Kier alpha value is -1.54. The first-order valence-electron chi connectivity index (χ1n) is 20.7. The van der Waals surface area contributed by atoms with Crippen molar-refractivity contribution in [3.63, 3.8) is 0 Å². The largest absolute Gasteiger partial charge is 1.00 e. The number of aliphatic hydroxyl groups excluding tert-OH is 5. The molecule has 0 unspecified atom stereocenters. The van der Waals surface area contributed by atoms with Crippen LogP contribution in [0.5, 0.6) is 0 Å². The van der Waals surface area contributed by atoms with Crippen LogP contribution in [-0.4, -0.2) is 127 Å². The number of carboxylic acid groups (broad SMARTS) is 3. The van der Waals surface area contributed by atoms with Crippen LogP contribution < -0.4 is 34.7 Å². The summed E-state index contributed by atoms with van der Waals surface area (Å²) in [5.74, 6) is -4.76. The average Bonchev–Trinajstić information content (AvgIpc) is 3.13. The number of aliphatic hydroxyl groups is 5. The number of carboxylic acids is 3. The van der Waals surface area contributed by atoms with Crippen LogP contribution in [0.25, 0.3) is 0 Å². The van der Waals surface area contributed by atoms with E-state index in [1.54, 1.807) is 0 Å². The van der Waals surface area contributed by atoms with E-state index in [1.165, 1.54) is 0 Å². The number of ether oxygens (including phenoxy) is 4. The molecule has 0 aromatic carbocycles. The molecule has 5 aliphatic carbocycles. The zero-order chi connectivity index (χ0) is 42.9. The van der Waals surface area contributed by atoms with E-state index >= 15 is 0 Å². The van der Waals surface area contributed by atoms with Crippen LogP contribution in [0.15, 0.2) is 11.6 Å². The quantitative estimate of drug-likeness (QED) is 0.107. The Kier molecular flexibility index (Phi) is 12.4. The predicted octanol–water partition coefficient (Wildman–Crippen LogP) is -2.09. The molecule has 17 heteroatoms. The SMILES string of the molecule is CC1(C)[C@@H](O[C@H]2O[C@H](C(=O)[O-])[C@@H](O)[C@H](O)[C@H]2O[C@@H]2O[C@H](C(=O)O)[C@@H](O)[C@H](O)[C@H]2O)CC[C@]2(C)[C@H]3C(=O)C=C4[C@@H]5C[C@@](C)(C(=O)O)CC[C@]5(C)CC[C@@]4(C)[C@]3(C)CC[C@@H]12.[Na+]. The molecule has 19 atom stereocenters. The summed E-state index contributed by atoms with van der Waals surface area (Å²) in [6, 6.07) is 0. The van der Waals surface area contributed by atoms with E-state index in [2.05, 4.69) is 27.7 Å². The Balaban J connectivity index is 0.00000585. The van der Waals surface area contributed by atoms with E-state index in [1.807, 2.05) is 26.8 Å². The third-order valence-corrected chi connectivity index (χ3v) is 17.2. The van der Waals surface area contributed by atoms with E-state index < -0.39 is 107 Å². The summed E-state index contributed by atoms with van der Waals surface area (Å²) in [4.78, 5) is 51.2. The van der Waals surface area contributed by atoms with Crippen LogP contribution in [-0.2, 0) is 38.1 Å². The van der Waals surface area contributed by atoms with Gasteiger partial charge in [-0.05, 0) is 110 Å². The molecule has 0 aromatic rings. The van der Waals surface area contributed by atoms with Gasteiger partial charge in [0.25, 0.3) is 0 Å². The number of allylic oxidation sites excluding steroid dienone is 2. The summed E-state index contributed by atoms with van der Waals surface area (Å²) in [5.41, 5.74) is -1.86. The van der Waals surface area contributed by atoms with Crippen LogP contribution in [0.4, 0.5) is 0 Å². The Bertz CT molecular complexity index is 1740. The summed E-state index contributed by atoms with van der Waals surface area (Å²) in [7, 11) is 0. The second-order valence-corrected chi connectivity index (χ2v) is 20.6. The van der Waals surface area contributed by atoms with Gasteiger partial charge in [-0.2, -0.15) is 0 Å². The third kappa shape index (κ3) is 7.02. The number of ketones is 1. The van der Waals surface area contributed by atoms with Gasteiger partial charge < -0.3 is 64.6 Å². The molecule has 326 valence electrons. The van der Waals surface area contributed by atoms with Gasteiger partial charge in [-0.3, -0.25) is 9.59 Å². The van der Waals surface area contributed by atoms with Gasteiger partial charge in [-0.25, -0.2) is 4.79 Å². The van der Waals surface area contributed by atoms with Crippen molar-refractivity contribution in [3.8, 4) is 0 Å². The minimum atomic E-state index is -2.11. The van der Waals surface area contributed by atoms with Crippen molar-refractivity contribution in [1.82, 2.24) is 0 Å². The molecule has 0 radical (unpaired) electrons. The standard InChI is InChI=1S/C42H62O16.Na/c1-37(2)21-8-11-42(7)31(20(43)16-18-19-17-39(4,36(53)54)13-12-38(19,3)14-15-41(18,42)6)40(21,5)10-9-22(37)55-35-30(26(47)25(46)29(57-35)33(51)52)58-34-27(48)23(44)24(45)28(56-34)32(49)50;/h16,19,21-31,34-35,44-48H,8-15,17H2,1-7H3,(H,49,50)(H,51,52)(H,53,54);/q;+1/p-1/t19-,21-,22-,23-,24-,25-,26-,27+,28-,29-,30+,31+,34-,35-,38+,39-,40-,41+,42+;/m0./s1. The maximum absolute atomic E-state index is 14.8. The molecule has 0 bridgehead atoms. The summed E-state index contributed by atoms with van der Waals surface area (Å²) in [6.45, 7) is 14.8. The first kappa shape index (κ1) is 47.0. The molecule has 2 aliphatic heterocycles. The molecule has 2 saturated heterocycles. The fourth-order valence-corrected chi connectivity index (χ4v) is 13.4. The Morgan fingerprint density at radius 1 is 0.746 bits per heavy atom. The molecule has 0 spiro atoms. The van der Waals surface area contributed by atoms with E-state index in [4.69, 9.17) is 18.9 Å². The van der Waals surface area contributed by atoms with Gasteiger partial charge in [0, 0.05) is 5.92 Å². The average molecular weight is 845 g/mol. The van der Waals surface area contributed by atoms with Crippen molar-refractivity contribution in [3.05, 3.63) is 11.6 Å². The minimum absolute atomic E-state index is 0. The topological polar surface area (TPSA) is 270 Å². The fourth-order valence-electron chi connectivity index (χ4n) is 13.4. The smallest absolute Gasteiger partial charge is 0.547 e. The molecule has 2 heterocycles. The molecule has 4 saturated carbocycles. The summed E-state index contributed by atoms with van der Waals surface area (Å²) < 4.78 is 23.3. The first-order chi connectivity index (χ1) is 26.8. The van der Waals surface area contributed by atoms with E-state index in [0.29, 0.717) is 38.5 Å². The molecule has 0 amide bonds. The maximum atomic E-state index is 14.8. The third-order valence-electron chi connectivity index (χ3n) is 17.2. The number of carbonyl (C=O) groups excluding carboxylic acids is 2. The van der Waals surface area contributed by atoms with Gasteiger partial charge in [-0.15, -0.1) is 0 Å². The van der Waals surface area contributed by atoms with Crippen molar-refractivity contribution in [2.24, 2.45) is 50.2 Å². The van der Waals surface area contributed by atoms with Gasteiger partial charge >= 0.3 is 41.5 Å².